The number of hydrogen-bond donors (Lipinski definition) is 1. The molecule has 0 unspecified atom stereocenters. The Bertz CT molecular complexity index is 351. The van der Waals surface area contributed by atoms with Gasteiger partial charge in [0, 0.05) is 18.8 Å². The molecule has 94 valence electrons. The third-order valence-electron chi connectivity index (χ3n) is 3.94. The Morgan fingerprint density at radius 3 is 2.65 bits per heavy atom. The molecule has 0 aliphatic heterocycles. The predicted octanol–water partition coefficient (Wildman–Crippen LogP) is 2.74. The van der Waals surface area contributed by atoms with Gasteiger partial charge in [-0.1, -0.05) is 6.92 Å². The Hall–Kier alpha value is -0.830. The summed E-state index contributed by atoms with van der Waals surface area (Å²) in [5.74, 6) is 1.90. The Morgan fingerprint density at radius 2 is 2.06 bits per heavy atom. The second-order valence-corrected chi connectivity index (χ2v) is 5.65. The number of rotatable bonds is 7. The molecule has 3 nitrogen and oxygen atoms in total. The van der Waals surface area contributed by atoms with Crippen LogP contribution in [0.3, 0.4) is 0 Å². The van der Waals surface area contributed by atoms with Crippen molar-refractivity contribution in [2.45, 2.75) is 51.6 Å². The van der Waals surface area contributed by atoms with Crippen molar-refractivity contribution in [2.75, 3.05) is 6.54 Å². The third-order valence-corrected chi connectivity index (χ3v) is 3.94. The van der Waals surface area contributed by atoms with Gasteiger partial charge in [0.1, 0.15) is 0 Å². The molecule has 0 amide bonds. The van der Waals surface area contributed by atoms with Gasteiger partial charge in [-0.05, 0) is 50.5 Å². The number of nitrogens with zero attached hydrogens (tertiary/aromatic N) is 2. The minimum atomic E-state index is 0.766. The minimum absolute atomic E-state index is 0.766. The SMILES string of the molecule is CCCNCc1cn(C(C2CC2)C2CC2)cn1. The van der Waals surface area contributed by atoms with Gasteiger partial charge in [0.05, 0.1) is 12.0 Å². The van der Waals surface area contributed by atoms with E-state index < -0.39 is 0 Å². The molecule has 0 aromatic carbocycles. The summed E-state index contributed by atoms with van der Waals surface area (Å²) in [5, 5.41) is 3.42. The van der Waals surface area contributed by atoms with Crippen LogP contribution < -0.4 is 5.32 Å². The van der Waals surface area contributed by atoms with Crippen LogP contribution in [0.2, 0.25) is 0 Å². The maximum absolute atomic E-state index is 4.53. The van der Waals surface area contributed by atoms with Crippen molar-refractivity contribution in [3.8, 4) is 0 Å². The molecule has 2 saturated carbocycles. The number of aromatic nitrogens is 2. The molecule has 2 aliphatic carbocycles. The first-order valence-corrected chi connectivity index (χ1v) is 7.11. The molecule has 0 saturated heterocycles. The van der Waals surface area contributed by atoms with Crippen LogP contribution >= 0.6 is 0 Å². The molecule has 1 N–H and O–H groups in total. The number of imidazole rings is 1. The Kier molecular flexibility index (Phi) is 3.19. The lowest BCUT2D eigenvalue weighted by Crippen LogP contribution is -2.14. The third kappa shape index (κ3) is 2.71. The summed E-state index contributed by atoms with van der Waals surface area (Å²) in [6.45, 7) is 4.20. The van der Waals surface area contributed by atoms with Gasteiger partial charge >= 0.3 is 0 Å². The van der Waals surface area contributed by atoms with E-state index in [0.29, 0.717) is 0 Å². The fourth-order valence-electron chi connectivity index (χ4n) is 2.77. The highest BCUT2D eigenvalue weighted by Crippen LogP contribution is 2.51. The monoisotopic (exact) mass is 233 g/mol. The van der Waals surface area contributed by atoms with E-state index in [1.165, 1.54) is 37.8 Å². The fourth-order valence-corrected chi connectivity index (χ4v) is 2.77. The zero-order valence-electron chi connectivity index (χ0n) is 10.7. The molecule has 0 spiro atoms. The molecule has 1 heterocycles. The lowest BCUT2D eigenvalue weighted by atomic mass is 10.1. The molecule has 2 aliphatic rings. The summed E-state index contributed by atoms with van der Waals surface area (Å²) in [6.07, 6.45) is 11.2. The standard InChI is InChI=1S/C14H23N3/c1-2-7-15-8-13-9-17(10-16-13)14(11-3-4-11)12-5-6-12/h9-12,14-15H,2-8H2,1H3. The van der Waals surface area contributed by atoms with Crippen molar-refractivity contribution in [2.24, 2.45) is 11.8 Å². The van der Waals surface area contributed by atoms with Crippen LogP contribution in [-0.4, -0.2) is 16.1 Å². The summed E-state index contributed by atoms with van der Waals surface area (Å²) in [7, 11) is 0. The van der Waals surface area contributed by atoms with E-state index in [9.17, 15) is 0 Å². The van der Waals surface area contributed by atoms with Crippen molar-refractivity contribution >= 4 is 0 Å². The van der Waals surface area contributed by atoms with Crippen LogP contribution in [-0.2, 0) is 6.54 Å². The van der Waals surface area contributed by atoms with Gasteiger partial charge in [0.25, 0.3) is 0 Å². The smallest absolute Gasteiger partial charge is 0.0952 e. The van der Waals surface area contributed by atoms with E-state index in [1.54, 1.807) is 0 Å². The van der Waals surface area contributed by atoms with Gasteiger partial charge in [-0.2, -0.15) is 0 Å². The summed E-state index contributed by atoms with van der Waals surface area (Å²) < 4.78 is 2.40. The van der Waals surface area contributed by atoms with Crippen molar-refractivity contribution in [3.05, 3.63) is 18.2 Å². The van der Waals surface area contributed by atoms with Gasteiger partial charge in [-0.25, -0.2) is 4.98 Å². The molecule has 1 aromatic heterocycles. The van der Waals surface area contributed by atoms with E-state index in [2.05, 4.69) is 34.3 Å². The van der Waals surface area contributed by atoms with Gasteiger partial charge < -0.3 is 9.88 Å². The number of nitrogens with one attached hydrogen (secondary N) is 1. The normalized spacial score (nSPS) is 20.1. The van der Waals surface area contributed by atoms with Gasteiger partial charge in [-0.15, -0.1) is 0 Å². The number of hydrogen-bond acceptors (Lipinski definition) is 2. The summed E-state index contributed by atoms with van der Waals surface area (Å²) >= 11 is 0. The molecule has 1 aromatic rings. The first-order chi connectivity index (χ1) is 8.38. The van der Waals surface area contributed by atoms with Crippen LogP contribution in [0.5, 0.6) is 0 Å². The maximum Gasteiger partial charge on any atom is 0.0952 e. The van der Waals surface area contributed by atoms with Crippen LogP contribution in [0.25, 0.3) is 0 Å². The summed E-state index contributed by atoms with van der Waals surface area (Å²) in [6, 6.07) is 0.766. The van der Waals surface area contributed by atoms with Crippen molar-refractivity contribution < 1.29 is 0 Å². The second kappa shape index (κ2) is 4.81. The van der Waals surface area contributed by atoms with E-state index in [1.807, 2.05) is 0 Å². The van der Waals surface area contributed by atoms with Gasteiger partial charge in [0.15, 0.2) is 0 Å². The van der Waals surface area contributed by atoms with Crippen LogP contribution in [0.1, 0.15) is 50.8 Å². The molecular weight excluding hydrogens is 210 g/mol. The van der Waals surface area contributed by atoms with Gasteiger partial charge in [-0.3, -0.25) is 0 Å². The van der Waals surface area contributed by atoms with Gasteiger partial charge in [0.2, 0.25) is 0 Å². The topological polar surface area (TPSA) is 29.9 Å². The zero-order valence-corrected chi connectivity index (χ0v) is 10.7. The van der Waals surface area contributed by atoms with Crippen molar-refractivity contribution in [3.63, 3.8) is 0 Å². The molecule has 3 heteroatoms. The molecule has 2 fully saturated rings. The quantitative estimate of drug-likeness (QED) is 0.734. The zero-order chi connectivity index (χ0) is 11.7. The highest BCUT2D eigenvalue weighted by atomic mass is 15.1. The van der Waals surface area contributed by atoms with Crippen LogP contribution in [0, 0.1) is 11.8 Å². The minimum Gasteiger partial charge on any atom is -0.334 e. The Labute approximate surface area is 104 Å². The average molecular weight is 233 g/mol. The van der Waals surface area contributed by atoms with E-state index in [4.69, 9.17) is 0 Å². The van der Waals surface area contributed by atoms with E-state index in [-0.39, 0.29) is 0 Å². The lowest BCUT2D eigenvalue weighted by Gasteiger charge is -2.16. The maximum atomic E-state index is 4.53. The van der Waals surface area contributed by atoms with E-state index >= 15 is 0 Å². The highest BCUT2D eigenvalue weighted by molar-refractivity contribution is 5.03. The Morgan fingerprint density at radius 1 is 1.35 bits per heavy atom. The lowest BCUT2D eigenvalue weighted by molar-refractivity contribution is 0.394. The summed E-state index contributed by atoms with van der Waals surface area (Å²) in [5.41, 5.74) is 1.20. The van der Waals surface area contributed by atoms with E-state index in [0.717, 1.165) is 31.0 Å². The molecule has 0 atom stereocenters. The predicted molar refractivity (Wildman–Crippen MR) is 68.7 cm³/mol. The average Bonchev–Trinajstić information content (AvgIpc) is 3.22. The highest BCUT2D eigenvalue weighted by Gasteiger charge is 2.42. The fraction of sp³-hybridized carbons (Fsp3) is 0.786. The van der Waals surface area contributed by atoms with Crippen LogP contribution in [0.4, 0.5) is 0 Å². The molecular formula is C14H23N3. The van der Waals surface area contributed by atoms with Crippen molar-refractivity contribution in [1.82, 2.24) is 14.9 Å². The van der Waals surface area contributed by atoms with Crippen LogP contribution in [0.15, 0.2) is 12.5 Å². The van der Waals surface area contributed by atoms with Crippen molar-refractivity contribution in [1.29, 1.82) is 0 Å². The summed E-state index contributed by atoms with van der Waals surface area (Å²) in [4.78, 5) is 4.53. The first kappa shape index (κ1) is 11.3. The Balaban J connectivity index is 1.62. The molecule has 3 rings (SSSR count). The first-order valence-electron chi connectivity index (χ1n) is 7.11. The second-order valence-electron chi connectivity index (χ2n) is 5.65. The molecule has 17 heavy (non-hydrogen) atoms. The largest absolute Gasteiger partial charge is 0.334 e. The molecule has 0 radical (unpaired) electrons. The molecule has 0 bridgehead atoms.